The van der Waals surface area contributed by atoms with E-state index >= 15 is 0 Å². The summed E-state index contributed by atoms with van der Waals surface area (Å²) in [5.74, 6) is -0.900. The van der Waals surface area contributed by atoms with Crippen LogP contribution in [0.25, 0.3) is 0 Å². The van der Waals surface area contributed by atoms with Crippen LogP contribution in [-0.4, -0.2) is 61.0 Å². The van der Waals surface area contributed by atoms with Gasteiger partial charge in [0.15, 0.2) is 11.5 Å². The third kappa shape index (κ3) is 14.4. The van der Waals surface area contributed by atoms with Crippen LogP contribution in [0.2, 0.25) is 0 Å². The van der Waals surface area contributed by atoms with Crippen LogP contribution in [0.3, 0.4) is 0 Å². The molecule has 0 saturated heterocycles. The van der Waals surface area contributed by atoms with E-state index in [0.29, 0.717) is 30.2 Å². The molecule has 12 heteroatoms. The summed E-state index contributed by atoms with van der Waals surface area (Å²) in [7, 11) is 0. The van der Waals surface area contributed by atoms with Gasteiger partial charge in [-0.15, -0.1) is 0 Å². The summed E-state index contributed by atoms with van der Waals surface area (Å²) in [5, 5.41) is 9.95. The zero-order valence-electron chi connectivity index (χ0n) is 25.8. The average molecular weight is 598 g/mol. The van der Waals surface area contributed by atoms with Gasteiger partial charge < -0.3 is 39.3 Å². The Labute approximate surface area is 248 Å². The van der Waals surface area contributed by atoms with Crippen molar-refractivity contribution >= 4 is 24.4 Å². The fraction of sp³-hybridized carbons (Fsp3) is 0.667. The Balaban J connectivity index is 3.08. The van der Waals surface area contributed by atoms with Crippen LogP contribution < -0.4 is 15.2 Å². The first-order valence-electron chi connectivity index (χ1n) is 14.3. The minimum Gasteiger partial charge on any atom is -0.480 e. The molecule has 0 spiro atoms. The lowest BCUT2D eigenvalue weighted by molar-refractivity contribution is -0.144. The summed E-state index contributed by atoms with van der Waals surface area (Å²) < 4.78 is 31.0. The van der Waals surface area contributed by atoms with Crippen molar-refractivity contribution in [1.82, 2.24) is 0 Å². The minimum atomic E-state index is -1.87. The second-order valence-electron chi connectivity index (χ2n) is 11.4. The molecule has 0 bridgehead atoms. The third-order valence-electron chi connectivity index (χ3n) is 6.30. The molecule has 42 heavy (non-hydrogen) atoms. The summed E-state index contributed by atoms with van der Waals surface area (Å²) in [6, 6.07) is 4.14. The normalized spacial score (nSPS) is 14.0. The zero-order valence-corrected chi connectivity index (χ0v) is 25.8. The molecule has 0 aliphatic heterocycles. The number of nitrogens with two attached hydrogens (primary N) is 1. The molecule has 12 nitrogen and oxygen atoms in total. The Morgan fingerprint density at radius 2 is 1.38 bits per heavy atom. The Morgan fingerprint density at radius 3 is 1.88 bits per heavy atom. The maximum Gasteiger partial charge on any atom is 0.513 e. The van der Waals surface area contributed by atoms with Gasteiger partial charge in [-0.3, -0.25) is 4.79 Å². The van der Waals surface area contributed by atoms with Crippen LogP contribution in [0.1, 0.15) is 79.7 Å². The van der Waals surface area contributed by atoms with Crippen LogP contribution in [0.15, 0.2) is 18.2 Å². The van der Waals surface area contributed by atoms with Gasteiger partial charge in [0.2, 0.25) is 0 Å². The fourth-order valence-electron chi connectivity index (χ4n) is 3.50. The summed E-state index contributed by atoms with van der Waals surface area (Å²) >= 11 is 0. The summed E-state index contributed by atoms with van der Waals surface area (Å²) in [6.45, 7) is 13.7. The first-order chi connectivity index (χ1) is 19.6. The smallest absolute Gasteiger partial charge is 0.480 e. The number of aliphatic carboxylic acids is 1. The van der Waals surface area contributed by atoms with E-state index in [1.807, 2.05) is 41.5 Å². The number of benzene rings is 1. The van der Waals surface area contributed by atoms with Crippen LogP contribution >= 0.6 is 0 Å². The molecule has 0 aliphatic rings. The fourth-order valence-corrected chi connectivity index (χ4v) is 3.50. The summed E-state index contributed by atoms with van der Waals surface area (Å²) in [5.41, 5.74) is 4.74. The van der Waals surface area contributed by atoms with E-state index in [1.54, 1.807) is 0 Å². The van der Waals surface area contributed by atoms with E-state index in [4.69, 9.17) is 34.2 Å². The van der Waals surface area contributed by atoms with Gasteiger partial charge >= 0.3 is 24.4 Å². The van der Waals surface area contributed by atoms with Gasteiger partial charge in [0.25, 0.3) is 0 Å². The lowest BCUT2D eigenvalue weighted by Crippen LogP contribution is -2.52. The molecule has 3 N–H and O–H groups in total. The highest BCUT2D eigenvalue weighted by Gasteiger charge is 2.37. The number of hydrogen-bond donors (Lipinski definition) is 2. The SMILES string of the molecule is CCC(C)COC(=O)O[C@@H](C)CC(N)(Cc1ccc(OC(=O)OCCC(C)C)c(OC(=O)OCCC(C)C)c1)C(=O)O. The van der Waals surface area contributed by atoms with Crippen LogP contribution in [-0.2, 0) is 30.2 Å². The Hall–Kier alpha value is -3.54. The summed E-state index contributed by atoms with van der Waals surface area (Å²) in [6.07, 6.45) is -2.24. The maximum atomic E-state index is 12.4. The van der Waals surface area contributed by atoms with Gasteiger partial charge in [-0.1, -0.05) is 54.0 Å². The Kier molecular flexibility index (Phi) is 15.7. The third-order valence-corrected chi connectivity index (χ3v) is 6.30. The van der Waals surface area contributed by atoms with Crippen molar-refractivity contribution < 1.29 is 52.7 Å². The molecule has 1 rings (SSSR count). The highest BCUT2D eigenvalue weighted by Crippen LogP contribution is 2.31. The molecule has 0 fully saturated rings. The number of carbonyl (C=O) groups is 4. The van der Waals surface area contributed by atoms with E-state index in [2.05, 4.69) is 0 Å². The highest BCUT2D eigenvalue weighted by molar-refractivity contribution is 5.79. The molecule has 0 aromatic heterocycles. The summed E-state index contributed by atoms with van der Waals surface area (Å²) in [4.78, 5) is 48.8. The van der Waals surface area contributed by atoms with Crippen molar-refractivity contribution in [2.75, 3.05) is 19.8 Å². The topological polar surface area (TPSA) is 170 Å². The molecule has 0 radical (unpaired) electrons. The minimum absolute atomic E-state index is 0.117. The monoisotopic (exact) mass is 597 g/mol. The number of carboxylic acids is 1. The van der Waals surface area contributed by atoms with E-state index < -0.39 is 36.1 Å². The van der Waals surface area contributed by atoms with Gasteiger partial charge in [-0.2, -0.15) is 0 Å². The van der Waals surface area contributed by atoms with Gasteiger partial charge in [0.05, 0.1) is 19.8 Å². The van der Waals surface area contributed by atoms with Gasteiger partial charge in [-0.25, -0.2) is 14.4 Å². The van der Waals surface area contributed by atoms with Crippen molar-refractivity contribution in [3.63, 3.8) is 0 Å². The highest BCUT2D eigenvalue weighted by atomic mass is 16.7. The lowest BCUT2D eigenvalue weighted by Gasteiger charge is -2.28. The van der Waals surface area contributed by atoms with Gasteiger partial charge in [0, 0.05) is 12.8 Å². The maximum absolute atomic E-state index is 12.4. The Morgan fingerprint density at radius 1 is 0.833 bits per heavy atom. The lowest BCUT2D eigenvalue weighted by atomic mass is 9.86. The second-order valence-corrected chi connectivity index (χ2v) is 11.4. The van der Waals surface area contributed by atoms with Crippen molar-refractivity contribution in [3.05, 3.63) is 23.8 Å². The largest absolute Gasteiger partial charge is 0.513 e. The van der Waals surface area contributed by atoms with E-state index in [9.17, 15) is 24.3 Å². The quantitative estimate of drug-likeness (QED) is 0.120. The molecule has 238 valence electrons. The number of carboxylic acid groups (broad SMARTS) is 1. The number of carbonyl (C=O) groups excluding carboxylic acids is 3. The van der Waals surface area contributed by atoms with Crippen LogP contribution in [0, 0.1) is 17.8 Å². The molecule has 1 aromatic carbocycles. The second kappa shape index (κ2) is 18.1. The van der Waals surface area contributed by atoms with E-state index in [1.165, 1.54) is 25.1 Å². The van der Waals surface area contributed by atoms with Crippen molar-refractivity contribution in [3.8, 4) is 11.5 Å². The van der Waals surface area contributed by atoms with Crippen molar-refractivity contribution in [2.24, 2.45) is 23.5 Å². The van der Waals surface area contributed by atoms with E-state index in [-0.39, 0.29) is 50.1 Å². The molecule has 0 saturated carbocycles. The molecule has 0 amide bonds. The molecule has 1 aromatic rings. The zero-order chi connectivity index (χ0) is 31.9. The first kappa shape index (κ1) is 36.5. The molecule has 3 atom stereocenters. The standard InChI is InChI=1S/C30H47NO11/c1-8-21(6)18-39-29(36)40-22(7)16-30(31,26(32)33)17-23-9-10-24(41-27(34)37-13-11-19(2)3)25(15-23)42-28(35)38-14-12-20(4)5/h9-10,15,19-22H,8,11-14,16-18,31H2,1-7H3,(H,32,33)/t21?,22-,30?/m0/s1. The molecular weight excluding hydrogens is 550 g/mol. The van der Waals surface area contributed by atoms with Crippen molar-refractivity contribution in [2.45, 2.75) is 92.2 Å². The van der Waals surface area contributed by atoms with Crippen LogP contribution in [0.5, 0.6) is 11.5 Å². The predicted octanol–water partition coefficient (Wildman–Crippen LogP) is 6.11. The molecule has 0 heterocycles. The number of rotatable bonds is 17. The molecule has 0 aliphatic carbocycles. The predicted molar refractivity (Wildman–Crippen MR) is 154 cm³/mol. The van der Waals surface area contributed by atoms with Gasteiger partial charge in [-0.05, 0) is 55.2 Å². The van der Waals surface area contributed by atoms with E-state index in [0.717, 1.165) is 6.42 Å². The Bertz CT molecular complexity index is 1030. The average Bonchev–Trinajstić information content (AvgIpc) is 2.88. The molecular formula is C30H47NO11. The van der Waals surface area contributed by atoms with Crippen LogP contribution in [0.4, 0.5) is 14.4 Å². The van der Waals surface area contributed by atoms with Crippen molar-refractivity contribution in [1.29, 1.82) is 0 Å². The number of hydrogen-bond acceptors (Lipinski definition) is 11. The molecule has 2 unspecified atom stereocenters. The first-order valence-corrected chi connectivity index (χ1v) is 14.3. The van der Waals surface area contributed by atoms with Gasteiger partial charge in [0.1, 0.15) is 11.6 Å². The number of ether oxygens (including phenoxy) is 6.